The topological polar surface area (TPSA) is 55.5 Å². The van der Waals surface area contributed by atoms with E-state index in [1.165, 1.54) is 7.11 Å². The zero-order valence-corrected chi connectivity index (χ0v) is 10.7. The van der Waals surface area contributed by atoms with E-state index in [4.69, 9.17) is 9.15 Å². The van der Waals surface area contributed by atoms with E-state index in [2.05, 4.69) is 4.98 Å². The number of hydrogen-bond acceptors (Lipinski definition) is 4. The zero-order chi connectivity index (χ0) is 13.4. The summed E-state index contributed by atoms with van der Waals surface area (Å²) in [4.78, 5) is 4.45. The molecule has 2 aromatic carbocycles. The zero-order valence-electron chi connectivity index (χ0n) is 10.7. The average molecular weight is 255 g/mol. The molecule has 0 saturated carbocycles. The smallest absolute Gasteiger partial charge is 0.227 e. The van der Waals surface area contributed by atoms with Crippen LogP contribution in [0.3, 0.4) is 0 Å². The molecule has 1 aromatic heterocycles. The van der Waals surface area contributed by atoms with Crippen LogP contribution in [-0.2, 0) is 0 Å². The highest BCUT2D eigenvalue weighted by Gasteiger charge is 2.11. The van der Waals surface area contributed by atoms with Crippen LogP contribution in [0.4, 0.5) is 0 Å². The summed E-state index contributed by atoms with van der Waals surface area (Å²) in [5, 5.41) is 9.58. The van der Waals surface area contributed by atoms with Gasteiger partial charge in [-0.3, -0.25) is 0 Å². The predicted octanol–water partition coefficient (Wildman–Crippen LogP) is 3.52. The van der Waals surface area contributed by atoms with Crippen molar-refractivity contribution < 1.29 is 14.3 Å². The van der Waals surface area contributed by atoms with Crippen LogP contribution in [0.25, 0.3) is 22.6 Å². The van der Waals surface area contributed by atoms with E-state index in [-0.39, 0.29) is 5.75 Å². The summed E-state index contributed by atoms with van der Waals surface area (Å²) < 4.78 is 10.8. The molecular formula is C15H13NO3. The summed E-state index contributed by atoms with van der Waals surface area (Å²) in [6.07, 6.45) is 0. The molecule has 0 fully saturated rings. The van der Waals surface area contributed by atoms with E-state index in [1.807, 2.05) is 25.1 Å². The van der Waals surface area contributed by atoms with Crippen LogP contribution in [0.15, 0.2) is 40.8 Å². The molecule has 4 nitrogen and oxygen atoms in total. The van der Waals surface area contributed by atoms with Gasteiger partial charge in [-0.2, -0.15) is 0 Å². The van der Waals surface area contributed by atoms with Gasteiger partial charge in [0.05, 0.1) is 7.11 Å². The summed E-state index contributed by atoms with van der Waals surface area (Å²) in [5.41, 5.74) is 3.47. The van der Waals surface area contributed by atoms with Crippen molar-refractivity contribution in [1.29, 1.82) is 0 Å². The van der Waals surface area contributed by atoms with Gasteiger partial charge in [0.2, 0.25) is 5.89 Å². The van der Waals surface area contributed by atoms with E-state index in [0.717, 1.165) is 22.2 Å². The van der Waals surface area contributed by atoms with Gasteiger partial charge in [0.15, 0.2) is 17.1 Å². The van der Waals surface area contributed by atoms with Crippen molar-refractivity contribution >= 4 is 11.1 Å². The van der Waals surface area contributed by atoms with E-state index >= 15 is 0 Å². The number of ether oxygens (including phenoxy) is 1. The van der Waals surface area contributed by atoms with Crippen molar-refractivity contribution in [3.63, 3.8) is 0 Å². The number of methoxy groups -OCH3 is 1. The van der Waals surface area contributed by atoms with Gasteiger partial charge >= 0.3 is 0 Å². The van der Waals surface area contributed by atoms with Crippen molar-refractivity contribution in [2.45, 2.75) is 6.92 Å². The number of fused-ring (bicyclic) bond motifs is 1. The second-order valence-corrected chi connectivity index (χ2v) is 4.38. The molecule has 0 unspecified atom stereocenters. The molecular weight excluding hydrogens is 242 g/mol. The summed E-state index contributed by atoms with van der Waals surface area (Å²) in [6.45, 7) is 2.01. The Kier molecular flexibility index (Phi) is 2.63. The molecule has 0 bridgehead atoms. The Hall–Kier alpha value is -2.49. The van der Waals surface area contributed by atoms with Crippen molar-refractivity contribution in [2.75, 3.05) is 7.11 Å². The fourth-order valence-corrected chi connectivity index (χ4v) is 1.97. The van der Waals surface area contributed by atoms with Crippen LogP contribution in [0.2, 0.25) is 0 Å². The number of aromatic nitrogens is 1. The van der Waals surface area contributed by atoms with Crippen LogP contribution in [0, 0.1) is 6.92 Å². The fourth-order valence-electron chi connectivity index (χ4n) is 1.97. The monoisotopic (exact) mass is 255 g/mol. The van der Waals surface area contributed by atoms with Crippen molar-refractivity contribution in [2.24, 2.45) is 0 Å². The molecule has 0 aliphatic heterocycles. The van der Waals surface area contributed by atoms with Gasteiger partial charge in [-0.25, -0.2) is 4.98 Å². The first-order valence-electron chi connectivity index (χ1n) is 5.92. The van der Waals surface area contributed by atoms with Gasteiger partial charge in [0, 0.05) is 5.56 Å². The molecule has 3 rings (SSSR count). The number of benzene rings is 2. The lowest BCUT2D eigenvalue weighted by Crippen LogP contribution is -1.85. The van der Waals surface area contributed by atoms with E-state index < -0.39 is 0 Å². The first-order chi connectivity index (χ1) is 9.17. The molecule has 4 heteroatoms. The molecule has 1 heterocycles. The van der Waals surface area contributed by atoms with Crippen molar-refractivity contribution in [3.05, 3.63) is 42.0 Å². The quantitative estimate of drug-likeness (QED) is 0.761. The third kappa shape index (κ3) is 2.01. The Labute approximate surface area is 110 Å². The maximum atomic E-state index is 9.58. The van der Waals surface area contributed by atoms with Gasteiger partial charge in [0.25, 0.3) is 0 Å². The molecule has 3 aromatic rings. The van der Waals surface area contributed by atoms with Crippen molar-refractivity contribution in [1.82, 2.24) is 4.98 Å². The number of rotatable bonds is 2. The first kappa shape index (κ1) is 11.6. The van der Waals surface area contributed by atoms with Gasteiger partial charge in [-0.15, -0.1) is 0 Å². The SMILES string of the molecule is COc1cc(-c2nc3cc(C)ccc3o2)ccc1O. The average Bonchev–Trinajstić information content (AvgIpc) is 2.82. The Morgan fingerprint density at radius 3 is 2.79 bits per heavy atom. The number of phenolic OH excluding ortho intramolecular Hbond substituents is 1. The number of phenols is 1. The molecule has 0 amide bonds. The minimum Gasteiger partial charge on any atom is -0.504 e. The van der Waals surface area contributed by atoms with Gasteiger partial charge < -0.3 is 14.3 Å². The summed E-state index contributed by atoms with van der Waals surface area (Å²) in [7, 11) is 1.51. The fraction of sp³-hybridized carbons (Fsp3) is 0.133. The Balaban J connectivity index is 2.13. The predicted molar refractivity (Wildman–Crippen MR) is 72.4 cm³/mol. The molecule has 0 spiro atoms. The van der Waals surface area contributed by atoms with Crippen LogP contribution >= 0.6 is 0 Å². The normalized spacial score (nSPS) is 10.8. The molecule has 0 saturated heterocycles. The summed E-state index contributed by atoms with van der Waals surface area (Å²) in [5.74, 6) is 1.01. The van der Waals surface area contributed by atoms with Crippen LogP contribution < -0.4 is 4.74 Å². The molecule has 0 atom stereocenters. The largest absolute Gasteiger partial charge is 0.504 e. The number of aromatic hydroxyl groups is 1. The van der Waals surface area contributed by atoms with E-state index in [1.54, 1.807) is 18.2 Å². The first-order valence-corrected chi connectivity index (χ1v) is 5.92. The maximum absolute atomic E-state index is 9.58. The Morgan fingerprint density at radius 2 is 2.00 bits per heavy atom. The molecule has 0 radical (unpaired) electrons. The number of oxazole rings is 1. The molecule has 96 valence electrons. The Bertz CT molecular complexity index is 746. The summed E-state index contributed by atoms with van der Waals surface area (Å²) >= 11 is 0. The lowest BCUT2D eigenvalue weighted by Gasteiger charge is -2.03. The second-order valence-electron chi connectivity index (χ2n) is 4.38. The number of hydrogen-bond donors (Lipinski definition) is 1. The highest BCUT2D eigenvalue weighted by molar-refractivity contribution is 5.77. The highest BCUT2D eigenvalue weighted by atomic mass is 16.5. The highest BCUT2D eigenvalue weighted by Crippen LogP contribution is 2.32. The van der Waals surface area contributed by atoms with Crippen molar-refractivity contribution in [3.8, 4) is 23.0 Å². The lowest BCUT2D eigenvalue weighted by atomic mass is 10.2. The van der Waals surface area contributed by atoms with Crippen LogP contribution in [0.1, 0.15) is 5.56 Å². The lowest BCUT2D eigenvalue weighted by molar-refractivity contribution is 0.373. The standard InChI is InChI=1S/C15H13NO3/c1-9-3-6-13-11(7-9)16-15(19-13)10-4-5-12(17)14(8-10)18-2/h3-8,17H,1-2H3. The second kappa shape index (κ2) is 4.31. The molecule has 0 aliphatic rings. The number of nitrogens with zero attached hydrogens (tertiary/aromatic N) is 1. The minimum atomic E-state index is 0.0956. The van der Waals surface area contributed by atoms with E-state index in [9.17, 15) is 5.11 Å². The van der Waals surface area contributed by atoms with Gasteiger partial charge in [0.1, 0.15) is 5.52 Å². The molecule has 19 heavy (non-hydrogen) atoms. The minimum absolute atomic E-state index is 0.0956. The maximum Gasteiger partial charge on any atom is 0.227 e. The summed E-state index contributed by atoms with van der Waals surface area (Å²) in [6, 6.07) is 10.9. The third-order valence-electron chi connectivity index (χ3n) is 2.97. The van der Waals surface area contributed by atoms with Crippen LogP contribution in [0.5, 0.6) is 11.5 Å². The Morgan fingerprint density at radius 1 is 1.16 bits per heavy atom. The molecule has 1 N–H and O–H groups in total. The van der Waals surface area contributed by atoms with Gasteiger partial charge in [-0.1, -0.05) is 6.07 Å². The van der Waals surface area contributed by atoms with Crippen LogP contribution in [-0.4, -0.2) is 17.2 Å². The van der Waals surface area contributed by atoms with E-state index in [0.29, 0.717) is 11.6 Å². The third-order valence-corrected chi connectivity index (χ3v) is 2.97. The number of aryl methyl sites for hydroxylation is 1. The van der Waals surface area contributed by atoms with Gasteiger partial charge in [-0.05, 0) is 42.8 Å². The molecule has 0 aliphatic carbocycles.